The van der Waals surface area contributed by atoms with E-state index in [-0.39, 0.29) is 0 Å². The quantitative estimate of drug-likeness (QED) is 0.410. The molecule has 0 aliphatic heterocycles. The zero-order valence-electron chi connectivity index (χ0n) is 6.76. The van der Waals surface area contributed by atoms with E-state index in [9.17, 15) is 0 Å². The van der Waals surface area contributed by atoms with Crippen LogP contribution in [0, 0.1) is 12.3 Å². The number of rotatable bonds is 5. The van der Waals surface area contributed by atoms with E-state index in [0.717, 1.165) is 19.6 Å². The molecule has 0 rings (SSSR count). The van der Waals surface area contributed by atoms with Gasteiger partial charge in [-0.15, -0.1) is 6.42 Å². The van der Waals surface area contributed by atoms with Crippen molar-refractivity contribution < 1.29 is 4.74 Å². The van der Waals surface area contributed by atoms with Gasteiger partial charge < -0.3 is 9.64 Å². The number of hydrogen-bond acceptors (Lipinski definition) is 2. The summed E-state index contributed by atoms with van der Waals surface area (Å²) in [7, 11) is 4.09. The van der Waals surface area contributed by atoms with Gasteiger partial charge in [0, 0.05) is 6.61 Å². The van der Waals surface area contributed by atoms with Gasteiger partial charge in [-0.3, -0.25) is 0 Å². The van der Waals surface area contributed by atoms with E-state index >= 15 is 0 Å². The van der Waals surface area contributed by atoms with Crippen LogP contribution in [0.5, 0.6) is 0 Å². The summed E-state index contributed by atoms with van der Waals surface area (Å²) in [5.74, 6) is 2.42. The lowest BCUT2D eigenvalue weighted by molar-refractivity contribution is 0.156. The molecular formula is C8H15NO. The fourth-order valence-electron chi connectivity index (χ4n) is 0.614. The summed E-state index contributed by atoms with van der Waals surface area (Å²) in [6, 6.07) is 0. The Kier molecular flexibility index (Phi) is 6.25. The highest BCUT2D eigenvalue weighted by Gasteiger charge is 1.88. The number of nitrogens with zero attached hydrogens (tertiary/aromatic N) is 1. The summed E-state index contributed by atoms with van der Waals surface area (Å²) in [5.41, 5.74) is 0. The average Bonchev–Trinajstić information content (AvgIpc) is 1.87. The smallest absolute Gasteiger partial charge is 0.107 e. The number of ether oxygens (including phenoxy) is 1. The molecule has 0 bridgehead atoms. The van der Waals surface area contributed by atoms with Crippen LogP contribution < -0.4 is 0 Å². The van der Waals surface area contributed by atoms with Crippen LogP contribution >= 0.6 is 0 Å². The monoisotopic (exact) mass is 141 g/mol. The van der Waals surface area contributed by atoms with Crippen LogP contribution in [0.1, 0.15) is 6.42 Å². The van der Waals surface area contributed by atoms with Gasteiger partial charge >= 0.3 is 0 Å². The molecule has 0 aromatic carbocycles. The molecule has 0 saturated heterocycles. The largest absolute Gasteiger partial charge is 0.369 e. The Labute approximate surface area is 63.2 Å². The normalized spacial score (nSPS) is 9.80. The second kappa shape index (κ2) is 6.60. The second-order valence-electron chi connectivity index (χ2n) is 2.41. The summed E-state index contributed by atoms with van der Waals surface area (Å²) < 4.78 is 5.07. The highest BCUT2D eigenvalue weighted by atomic mass is 16.5. The van der Waals surface area contributed by atoms with E-state index in [0.29, 0.717) is 6.61 Å². The van der Waals surface area contributed by atoms with Crippen molar-refractivity contribution in [3.05, 3.63) is 0 Å². The van der Waals surface area contributed by atoms with Gasteiger partial charge in [-0.05, 0) is 27.1 Å². The van der Waals surface area contributed by atoms with E-state index in [4.69, 9.17) is 11.2 Å². The lowest BCUT2D eigenvalue weighted by atomic mass is 10.4. The van der Waals surface area contributed by atoms with Crippen LogP contribution in [0.15, 0.2) is 0 Å². The van der Waals surface area contributed by atoms with Crippen LogP contribution in [0.3, 0.4) is 0 Å². The Morgan fingerprint density at radius 1 is 1.50 bits per heavy atom. The minimum Gasteiger partial charge on any atom is -0.369 e. The molecule has 0 amide bonds. The molecule has 0 aromatic rings. The molecule has 0 saturated carbocycles. The third-order valence-corrected chi connectivity index (χ3v) is 1.08. The zero-order valence-corrected chi connectivity index (χ0v) is 6.76. The van der Waals surface area contributed by atoms with Gasteiger partial charge in [0.15, 0.2) is 0 Å². The first kappa shape index (κ1) is 9.48. The molecule has 0 heterocycles. The summed E-state index contributed by atoms with van der Waals surface area (Å²) in [4.78, 5) is 2.12. The van der Waals surface area contributed by atoms with Crippen molar-refractivity contribution in [3.63, 3.8) is 0 Å². The zero-order chi connectivity index (χ0) is 7.82. The van der Waals surface area contributed by atoms with E-state index in [2.05, 4.69) is 10.8 Å². The molecule has 0 aliphatic carbocycles. The first-order valence-electron chi connectivity index (χ1n) is 3.43. The Morgan fingerprint density at radius 3 is 2.70 bits per heavy atom. The molecule has 2 heteroatoms. The maximum Gasteiger partial charge on any atom is 0.107 e. The molecule has 0 N–H and O–H groups in total. The van der Waals surface area contributed by atoms with Crippen LogP contribution in [0.4, 0.5) is 0 Å². The Morgan fingerprint density at radius 2 is 2.20 bits per heavy atom. The van der Waals surface area contributed by atoms with Crippen molar-refractivity contribution in [1.82, 2.24) is 4.90 Å². The van der Waals surface area contributed by atoms with Crippen molar-refractivity contribution in [3.8, 4) is 12.3 Å². The molecule has 0 fully saturated rings. The molecule has 0 unspecified atom stereocenters. The average molecular weight is 141 g/mol. The fourth-order valence-corrected chi connectivity index (χ4v) is 0.614. The van der Waals surface area contributed by atoms with Crippen LogP contribution in [-0.2, 0) is 4.74 Å². The van der Waals surface area contributed by atoms with Crippen molar-refractivity contribution in [2.45, 2.75) is 6.42 Å². The summed E-state index contributed by atoms with van der Waals surface area (Å²) in [6.07, 6.45) is 6.04. The minimum atomic E-state index is 0.438. The summed E-state index contributed by atoms with van der Waals surface area (Å²) >= 11 is 0. The molecule has 0 aromatic heterocycles. The van der Waals surface area contributed by atoms with Crippen LogP contribution in [-0.4, -0.2) is 38.8 Å². The first-order chi connectivity index (χ1) is 4.77. The Balaban J connectivity index is 2.86. The highest BCUT2D eigenvalue weighted by molar-refractivity contribution is 4.82. The van der Waals surface area contributed by atoms with Gasteiger partial charge in [0.1, 0.15) is 6.61 Å². The van der Waals surface area contributed by atoms with E-state index in [1.807, 2.05) is 14.1 Å². The molecule has 10 heavy (non-hydrogen) atoms. The van der Waals surface area contributed by atoms with Gasteiger partial charge in [0.05, 0.1) is 0 Å². The highest BCUT2D eigenvalue weighted by Crippen LogP contribution is 1.84. The third kappa shape index (κ3) is 7.48. The lowest BCUT2D eigenvalue weighted by Crippen LogP contribution is -2.14. The van der Waals surface area contributed by atoms with Crippen LogP contribution in [0.2, 0.25) is 0 Å². The van der Waals surface area contributed by atoms with Crippen molar-refractivity contribution in [1.29, 1.82) is 0 Å². The van der Waals surface area contributed by atoms with E-state index in [1.54, 1.807) is 0 Å². The van der Waals surface area contributed by atoms with E-state index in [1.165, 1.54) is 0 Å². The number of terminal acetylenes is 1. The summed E-state index contributed by atoms with van der Waals surface area (Å²) in [5, 5.41) is 0. The van der Waals surface area contributed by atoms with Crippen molar-refractivity contribution in [2.75, 3.05) is 33.9 Å². The molecule has 0 spiro atoms. The van der Waals surface area contributed by atoms with Crippen molar-refractivity contribution in [2.24, 2.45) is 0 Å². The first-order valence-corrected chi connectivity index (χ1v) is 3.43. The van der Waals surface area contributed by atoms with Gasteiger partial charge in [-0.2, -0.15) is 0 Å². The lowest BCUT2D eigenvalue weighted by Gasteiger charge is -2.07. The van der Waals surface area contributed by atoms with Gasteiger partial charge in [0.2, 0.25) is 0 Å². The Bertz CT molecular complexity index is 104. The third-order valence-electron chi connectivity index (χ3n) is 1.08. The maximum absolute atomic E-state index is 5.07. The molecule has 0 atom stereocenters. The van der Waals surface area contributed by atoms with Crippen molar-refractivity contribution >= 4 is 0 Å². The number of hydrogen-bond donors (Lipinski definition) is 0. The molecule has 0 aliphatic rings. The van der Waals surface area contributed by atoms with Gasteiger partial charge in [-0.1, -0.05) is 5.92 Å². The predicted molar refractivity (Wildman–Crippen MR) is 42.8 cm³/mol. The fraction of sp³-hybridized carbons (Fsp3) is 0.750. The predicted octanol–water partition coefficient (Wildman–Crippen LogP) is 0.588. The SMILES string of the molecule is C#CCOCCCN(C)C. The molecule has 2 nitrogen and oxygen atoms in total. The van der Waals surface area contributed by atoms with Crippen LogP contribution in [0.25, 0.3) is 0 Å². The second-order valence-corrected chi connectivity index (χ2v) is 2.41. The molecular weight excluding hydrogens is 126 g/mol. The van der Waals surface area contributed by atoms with Gasteiger partial charge in [0.25, 0.3) is 0 Å². The summed E-state index contributed by atoms with van der Waals surface area (Å²) in [6.45, 7) is 2.26. The topological polar surface area (TPSA) is 12.5 Å². The molecule has 0 radical (unpaired) electrons. The van der Waals surface area contributed by atoms with Gasteiger partial charge in [-0.25, -0.2) is 0 Å². The minimum absolute atomic E-state index is 0.438. The standard InChI is InChI=1S/C8H15NO/c1-4-7-10-8-5-6-9(2)3/h1H,5-8H2,2-3H3. The maximum atomic E-state index is 5.07. The Hall–Kier alpha value is -0.520. The molecule has 58 valence electrons. The van der Waals surface area contributed by atoms with E-state index < -0.39 is 0 Å².